The smallest absolute Gasteiger partial charge is 0.251 e. The Bertz CT molecular complexity index is 1040. The van der Waals surface area contributed by atoms with Crippen molar-refractivity contribution in [2.24, 2.45) is 0 Å². The normalized spacial score (nSPS) is 16.4. The van der Waals surface area contributed by atoms with E-state index in [1.165, 1.54) is 16.4 Å². The summed E-state index contributed by atoms with van der Waals surface area (Å²) in [7, 11) is -3.41. The molecule has 1 amide bonds. The van der Waals surface area contributed by atoms with Gasteiger partial charge in [0.2, 0.25) is 16.8 Å². The molecule has 0 saturated carbocycles. The fraction of sp³-hybridized carbons (Fsp3) is 0.381. The van der Waals surface area contributed by atoms with E-state index in [2.05, 4.69) is 5.32 Å². The number of nitrogens with one attached hydrogen (secondary N) is 1. The van der Waals surface area contributed by atoms with Gasteiger partial charge in [0, 0.05) is 44.0 Å². The molecular weight excluding hydrogens is 425 g/mol. The summed E-state index contributed by atoms with van der Waals surface area (Å²) in [5.74, 6) is 0.502. The van der Waals surface area contributed by atoms with Gasteiger partial charge in [-0.3, -0.25) is 4.79 Å². The second-order valence-electron chi connectivity index (χ2n) is 7.36. The zero-order valence-corrected chi connectivity index (χ0v) is 17.7. The predicted octanol–water partition coefficient (Wildman–Crippen LogP) is 1.83. The largest absolute Gasteiger partial charge is 0.454 e. The van der Waals surface area contributed by atoms with Crippen molar-refractivity contribution in [2.75, 3.05) is 50.2 Å². The second-order valence-corrected chi connectivity index (χ2v) is 9.44. The summed E-state index contributed by atoms with van der Waals surface area (Å²) in [4.78, 5) is 14.3. The highest BCUT2D eigenvalue weighted by atomic mass is 32.2. The Morgan fingerprint density at radius 3 is 2.45 bits per heavy atom. The quantitative estimate of drug-likeness (QED) is 0.649. The van der Waals surface area contributed by atoms with Gasteiger partial charge in [-0.1, -0.05) is 0 Å². The Kier molecular flexibility index (Phi) is 6.28. The van der Waals surface area contributed by atoms with E-state index < -0.39 is 10.0 Å². The van der Waals surface area contributed by atoms with E-state index in [1.807, 2.05) is 4.90 Å². The van der Waals surface area contributed by atoms with Crippen molar-refractivity contribution in [3.63, 3.8) is 0 Å². The molecule has 1 fully saturated rings. The monoisotopic (exact) mass is 449 g/mol. The van der Waals surface area contributed by atoms with Gasteiger partial charge in [-0.2, -0.15) is 4.31 Å². The number of carbonyl (C=O) groups is 1. The van der Waals surface area contributed by atoms with Crippen LogP contribution in [0.15, 0.2) is 42.5 Å². The first-order valence-electron chi connectivity index (χ1n) is 10.1. The topological polar surface area (TPSA) is 88.2 Å². The van der Waals surface area contributed by atoms with E-state index in [9.17, 15) is 17.6 Å². The minimum absolute atomic E-state index is 0.0367. The molecule has 0 radical (unpaired) electrons. The van der Waals surface area contributed by atoms with E-state index in [1.54, 1.807) is 30.3 Å². The summed E-state index contributed by atoms with van der Waals surface area (Å²) in [5.41, 5.74) is 1.31. The van der Waals surface area contributed by atoms with Gasteiger partial charge in [0.1, 0.15) is 5.82 Å². The number of hydrogen-bond acceptors (Lipinski definition) is 6. The molecule has 10 heteroatoms. The number of nitrogens with zero attached hydrogens (tertiary/aromatic N) is 2. The van der Waals surface area contributed by atoms with Crippen LogP contribution in [-0.2, 0) is 10.0 Å². The highest BCUT2D eigenvalue weighted by Crippen LogP contribution is 2.32. The third kappa shape index (κ3) is 5.08. The average Bonchev–Trinajstić information content (AvgIpc) is 3.25. The standard InChI is InChI=1S/C21H24FN3O5S/c22-17-3-5-18(6-4-17)24-9-11-25(12-10-24)31(27,28)13-1-8-23-21(26)16-2-7-19-20(14-16)30-15-29-19/h2-7,14H,1,8-13,15H2,(H,23,26). The van der Waals surface area contributed by atoms with E-state index in [0.29, 0.717) is 49.7 Å². The Hall–Kier alpha value is -2.85. The van der Waals surface area contributed by atoms with Gasteiger partial charge in [-0.05, 0) is 48.9 Å². The first-order chi connectivity index (χ1) is 14.9. The van der Waals surface area contributed by atoms with Crippen LogP contribution in [-0.4, -0.2) is 63.9 Å². The van der Waals surface area contributed by atoms with Crippen molar-refractivity contribution < 1.29 is 27.1 Å². The summed E-state index contributed by atoms with van der Waals surface area (Å²) in [6.45, 7) is 2.24. The van der Waals surface area contributed by atoms with Gasteiger partial charge in [-0.15, -0.1) is 0 Å². The summed E-state index contributed by atoms with van der Waals surface area (Å²) in [6.07, 6.45) is 0.316. The number of rotatable bonds is 7. The van der Waals surface area contributed by atoms with Crippen LogP contribution in [0.2, 0.25) is 0 Å². The number of carbonyl (C=O) groups excluding carboxylic acids is 1. The lowest BCUT2D eigenvalue weighted by molar-refractivity contribution is 0.0953. The van der Waals surface area contributed by atoms with Crippen molar-refractivity contribution in [3.05, 3.63) is 53.8 Å². The van der Waals surface area contributed by atoms with Gasteiger partial charge in [-0.25, -0.2) is 12.8 Å². The lowest BCUT2D eigenvalue weighted by atomic mass is 10.2. The van der Waals surface area contributed by atoms with Gasteiger partial charge < -0.3 is 19.7 Å². The second kappa shape index (κ2) is 9.11. The Morgan fingerprint density at radius 2 is 1.71 bits per heavy atom. The lowest BCUT2D eigenvalue weighted by Gasteiger charge is -2.35. The molecule has 166 valence electrons. The Balaban J connectivity index is 1.21. The van der Waals surface area contributed by atoms with Crippen molar-refractivity contribution in [1.82, 2.24) is 9.62 Å². The van der Waals surface area contributed by atoms with Crippen molar-refractivity contribution >= 4 is 21.6 Å². The molecular formula is C21H24FN3O5S. The van der Waals surface area contributed by atoms with Crippen LogP contribution in [0.5, 0.6) is 11.5 Å². The lowest BCUT2D eigenvalue weighted by Crippen LogP contribution is -2.49. The minimum atomic E-state index is -3.41. The van der Waals surface area contributed by atoms with E-state index in [4.69, 9.17) is 9.47 Å². The molecule has 0 aliphatic carbocycles. The molecule has 4 rings (SSSR count). The van der Waals surface area contributed by atoms with Crippen LogP contribution >= 0.6 is 0 Å². The Labute approximate surface area is 180 Å². The summed E-state index contributed by atoms with van der Waals surface area (Å²) in [5, 5.41) is 2.74. The van der Waals surface area contributed by atoms with Crippen LogP contribution in [0.4, 0.5) is 10.1 Å². The summed E-state index contributed by atoms with van der Waals surface area (Å²) >= 11 is 0. The van der Waals surface area contributed by atoms with Gasteiger partial charge >= 0.3 is 0 Å². The predicted molar refractivity (Wildman–Crippen MR) is 113 cm³/mol. The molecule has 0 unspecified atom stereocenters. The highest BCUT2D eigenvalue weighted by Gasteiger charge is 2.26. The first-order valence-corrected chi connectivity index (χ1v) is 11.7. The maximum atomic E-state index is 13.1. The van der Waals surface area contributed by atoms with Crippen LogP contribution in [0, 0.1) is 5.82 Å². The van der Waals surface area contributed by atoms with Gasteiger partial charge in [0.05, 0.1) is 5.75 Å². The number of benzene rings is 2. The first kappa shape index (κ1) is 21.4. The zero-order valence-electron chi connectivity index (χ0n) is 16.9. The van der Waals surface area contributed by atoms with E-state index in [-0.39, 0.29) is 30.8 Å². The highest BCUT2D eigenvalue weighted by molar-refractivity contribution is 7.89. The Morgan fingerprint density at radius 1 is 1.00 bits per heavy atom. The van der Waals surface area contributed by atoms with Crippen LogP contribution < -0.4 is 19.7 Å². The van der Waals surface area contributed by atoms with Crippen molar-refractivity contribution in [2.45, 2.75) is 6.42 Å². The molecule has 2 aromatic rings. The van der Waals surface area contributed by atoms with Crippen LogP contribution in [0.1, 0.15) is 16.8 Å². The molecule has 1 saturated heterocycles. The molecule has 2 aromatic carbocycles. The number of hydrogen-bond donors (Lipinski definition) is 1. The zero-order chi connectivity index (χ0) is 21.8. The molecule has 1 N–H and O–H groups in total. The van der Waals surface area contributed by atoms with E-state index in [0.717, 1.165) is 5.69 Å². The number of sulfonamides is 1. The third-order valence-corrected chi connectivity index (χ3v) is 7.28. The van der Waals surface area contributed by atoms with E-state index >= 15 is 0 Å². The molecule has 31 heavy (non-hydrogen) atoms. The summed E-state index contributed by atoms with van der Waals surface area (Å²) < 4.78 is 50.3. The molecule has 0 spiro atoms. The molecule has 0 bridgehead atoms. The molecule has 2 aliphatic rings. The number of piperazine rings is 1. The van der Waals surface area contributed by atoms with Gasteiger partial charge in [0.15, 0.2) is 11.5 Å². The number of halogens is 1. The average molecular weight is 450 g/mol. The van der Waals surface area contributed by atoms with Crippen LogP contribution in [0.25, 0.3) is 0 Å². The molecule has 0 aromatic heterocycles. The van der Waals surface area contributed by atoms with Crippen LogP contribution in [0.3, 0.4) is 0 Å². The van der Waals surface area contributed by atoms with Crippen molar-refractivity contribution in [1.29, 1.82) is 0 Å². The molecule has 2 aliphatic heterocycles. The maximum absolute atomic E-state index is 13.1. The molecule has 0 atom stereocenters. The molecule has 8 nitrogen and oxygen atoms in total. The maximum Gasteiger partial charge on any atom is 0.251 e. The number of fused-ring (bicyclic) bond motifs is 1. The number of ether oxygens (including phenoxy) is 2. The van der Waals surface area contributed by atoms with Gasteiger partial charge in [0.25, 0.3) is 5.91 Å². The third-order valence-electron chi connectivity index (χ3n) is 5.32. The SMILES string of the molecule is O=C(NCCCS(=O)(=O)N1CCN(c2ccc(F)cc2)CC1)c1ccc2c(c1)OCO2. The summed E-state index contributed by atoms with van der Waals surface area (Å²) in [6, 6.07) is 11.1. The molecule has 2 heterocycles. The number of anilines is 1. The minimum Gasteiger partial charge on any atom is -0.454 e. The fourth-order valence-corrected chi connectivity index (χ4v) is 5.09. The van der Waals surface area contributed by atoms with Crippen molar-refractivity contribution in [3.8, 4) is 11.5 Å². The number of amides is 1. The fourth-order valence-electron chi connectivity index (χ4n) is 3.60.